The molecule has 0 aromatic carbocycles. The average molecular weight is 210 g/mol. The standard InChI is InChI=1S/C8H15NO3.ClH/c1-2-12-8(11)7-4-3-6(10)5-9-7;/h6-7,9-10H,2-5H2,1H3;1H/t6-,7+;/m0./s1. The largest absolute Gasteiger partial charge is 0.465 e. The summed E-state index contributed by atoms with van der Waals surface area (Å²) < 4.78 is 4.83. The van der Waals surface area contributed by atoms with Crippen molar-refractivity contribution in [2.45, 2.75) is 31.9 Å². The molecule has 0 aliphatic carbocycles. The van der Waals surface area contributed by atoms with Gasteiger partial charge >= 0.3 is 5.97 Å². The summed E-state index contributed by atoms with van der Waals surface area (Å²) >= 11 is 0. The zero-order valence-electron chi connectivity index (χ0n) is 7.66. The number of ether oxygens (including phenoxy) is 1. The summed E-state index contributed by atoms with van der Waals surface area (Å²) in [6.45, 7) is 2.69. The lowest BCUT2D eigenvalue weighted by Gasteiger charge is -2.25. The van der Waals surface area contributed by atoms with Gasteiger partial charge < -0.3 is 15.2 Å². The van der Waals surface area contributed by atoms with Crippen LogP contribution in [0, 0.1) is 0 Å². The van der Waals surface area contributed by atoms with Gasteiger partial charge in [0.25, 0.3) is 0 Å². The number of esters is 1. The Labute approximate surface area is 84.1 Å². The van der Waals surface area contributed by atoms with Crippen molar-refractivity contribution in [1.82, 2.24) is 5.32 Å². The maximum absolute atomic E-state index is 11.1. The molecule has 1 heterocycles. The molecule has 1 rings (SSSR count). The Kier molecular flexibility index (Phi) is 6.03. The Hall–Kier alpha value is -0.320. The van der Waals surface area contributed by atoms with Crippen LogP contribution in [-0.4, -0.2) is 36.4 Å². The van der Waals surface area contributed by atoms with Crippen molar-refractivity contribution in [2.24, 2.45) is 0 Å². The van der Waals surface area contributed by atoms with Crippen LogP contribution in [0.4, 0.5) is 0 Å². The molecule has 78 valence electrons. The molecule has 5 heteroatoms. The quantitative estimate of drug-likeness (QED) is 0.633. The van der Waals surface area contributed by atoms with E-state index in [1.54, 1.807) is 6.92 Å². The van der Waals surface area contributed by atoms with Crippen molar-refractivity contribution in [2.75, 3.05) is 13.2 Å². The van der Waals surface area contributed by atoms with Crippen molar-refractivity contribution in [3.63, 3.8) is 0 Å². The highest BCUT2D eigenvalue weighted by molar-refractivity contribution is 5.85. The van der Waals surface area contributed by atoms with Gasteiger partial charge in [-0.1, -0.05) is 0 Å². The van der Waals surface area contributed by atoms with Crippen LogP contribution in [0.25, 0.3) is 0 Å². The van der Waals surface area contributed by atoms with Crippen molar-refractivity contribution < 1.29 is 14.6 Å². The first kappa shape index (κ1) is 12.7. The molecular weight excluding hydrogens is 194 g/mol. The van der Waals surface area contributed by atoms with Crippen LogP contribution >= 0.6 is 12.4 Å². The second-order valence-corrected chi connectivity index (χ2v) is 2.94. The smallest absolute Gasteiger partial charge is 0.323 e. The summed E-state index contributed by atoms with van der Waals surface area (Å²) in [5.74, 6) is -0.204. The maximum atomic E-state index is 11.1. The number of carbonyl (C=O) groups excluding carboxylic acids is 1. The summed E-state index contributed by atoms with van der Waals surface area (Å²) in [5.41, 5.74) is 0. The molecule has 1 aliphatic heterocycles. The van der Waals surface area contributed by atoms with E-state index in [0.717, 1.165) is 0 Å². The van der Waals surface area contributed by atoms with E-state index in [4.69, 9.17) is 9.84 Å². The minimum atomic E-state index is -0.310. The van der Waals surface area contributed by atoms with Gasteiger partial charge in [-0.2, -0.15) is 0 Å². The second kappa shape index (κ2) is 6.18. The molecule has 0 unspecified atom stereocenters. The highest BCUT2D eigenvalue weighted by Crippen LogP contribution is 2.08. The van der Waals surface area contributed by atoms with E-state index in [1.807, 2.05) is 0 Å². The number of rotatable bonds is 2. The molecule has 0 radical (unpaired) electrons. The molecule has 0 aromatic heterocycles. The highest BCUT2D eigenvalue weighted by Gasteiger charge is 2.25. The first-order valence-electron chi connectivity index (χ1n) is 4.32. The van der Waals surface area contributed by atoms with Gasteiger partial charge in [0.1, 0.15) is 6.04 Å². The monoisotopic (exact) mass is 209 g/mol. The summed E-state index contributed by atoms with van der Waals surface area (Å²) in [6.07, 6.45) is 1.03. The van der Waals surface area contributed by atoms with Crippen molar-refractivity contribution in [3.8, 4) is 0 Å². The average Bonchev–Trinajstić information content (AvgIpc) is 2.06. The zero-order valence-corrected chi connectivity index (χ0v) is 8.47. The summed E-state index contributed by atoms with van der Waals surface area (Å²) in [4.78, 5) is 11.1. The van der Waals surface area contributed by atoms with E-state index in [1.165, 1.54) is 0 Å². The first-order valence-corrected chi connectivity index (χ1v) is 4.32. The molecule has 1 aliphatic rings. The van der Waals surface area contributed by atoms with Crippen molar-refractivity contribution in [3.05, 3.63) is 0 Å². The van der Waals surface area contributed by atoms with Crippen LogP contribution in [0.1, 0.15) is 19.8 Å². The molecule has 2 atom stereocenters. The van der Waals surface area contributed by atoms with E-state index in [9.17, 15) is 4.79 Å². The third-order valence-electron chi connectivity index (χ3n) is 1.96. The number of aliphatic hydroxyl groups excluding tert-OH is 1. The second-order valence-electron chi connectivity index (χ2n) is 2.94. The number of nitrogens with one attached hydrogen (secondary N) is 1. The highest BCUT2D eigenvalue weighted by atomic mass is 35.5. The van der Waals surface area contributed by atoms with Gasteiger partial charge in [0, 0.05) is 6.54 Å². The van der Waals surface area contributed by atoms with E-state index in [2.05, 4.69) is 5.32 Å². The topological polar surface area (TPSA) is 58.6 Å². The minimum absolute atomic E-state index is 0. The molecule has 2 N–H and O–H groups in total. The molecule has 0 bridgehead atoms. The number of carbonyl (C=O) groups is 1. The van der Waals surface area contributed by atoms with Crippen molar-refractivity contribution >= 4 is 18.4 Å². The molecule has 0 saturated carbocycles. The van der Waals surface area contributed by atoms with E-state index in [0.29, 0.717) is 26.0 Å². The van der Waals surface area contributed by atoms with E-state index >= 15 is 0 Å². The molecule has 4 nitrogen and oxygen atoms in total. The van der Waals surface area contributed by atoms with Crippen LogP contribution < -0.4 is 5.32 Å². The number of β-amino-alcohol motifs (C(OH)–C–C–N with tert-alkyl or cyclic N) is 1. The molecule has 1 fully saturated rings. The molecule has 13 heavy (non-hydrogen) atoms. The number of halogens is 1. The van der Waals surface area contributed by atoms with E-state index < -0.39 is 0 Å². The third kappa shape index (κ3) is 3.93. The number of hydrogen-bond donors (Lipinski definition) is 2. The molecule has 0 spiro atoms. The Morgan fingerprint density at radius 2 is 2.31 bits per heavy atom. The van der Waals surface area contributed by atoms with Crippen LogP contribution in [0.2, 0.25) is 0 Å². The Bertz CT molecular complexity index is 157. The van der Waals surface area contributed by atoms with Gasteiger partial charge in [-0.3, -0.25) is 4.79 Å². The van der Waals surface area contributed by atoms with Crippen LogP contribution in [0.15, 0.2) is 0 Å². The molecule has 0 amide bonds. The SMILES string of the molecule is CCOC(=O)[C@H]1CC[C@H](O)CN1.Cl. The maximum Gasteiger partial charge on any atom is 0.323 e. The van der Waals surface area contributed by atoms with Gasteiger partial charge in [0.2, 0.25) is 0 Å². The summed E-state index contributed by atoms with van der Waals surface area (Å²) in [5, 5.41) is 12.1. The third-order valence-corrected chi connectivity index (χ3v) is 1.96. The van der Waals surface area contributed by atoms with Crippen LogP contribution in [0.3, 0.4) is 0 Å². The Balaban J connectivity index is 0.00000144. The van der Waals surface area contributed by atoms with Gasteiger partial charge in [0.15, 0.2) is 0 Å². The number of piperidine rings is 1. The predicted molar refractivity (Wildman–Crippen MR) is 50.9 cm³/mol. The first-order chi connectivity index (χ1) is 5.74. The van der Waals surface area contributed by atoms with Crippen LogP contribution in [0.5, 0.6) is 0 Å². The number of aliphatic hydroxyl groups is 1. The van der Waals surface area contributed by atoms with Crippen LogP contribution in [-0.2, 0) is 9.53 Å². The summed E-state index contributed by atoms with van der Waals surface area (Å²) in [6, 6.07) is -0.214. The molecule has 1 saturated heterocycles. The van der Waals surface area contributed by atoms with Gasteiger partial charge in [0.05, 0.1) is 12.7 Å². The Morgan fingerprint density at radius 1 is 1.62 bits per heavy atom. The molecular formula is C8H16ClNO3. The number of hydrogen-bond acceptors (Lipinski definition) is 4. The van der Waals surface area contributed by atoms with Gasteiger partial charge in [-0.25, -0.2) is 0 Å². The zero-order chi connectivity index (χ0) is 8.97. The summed E-state index contributed by atoms with van der Waals surface area (Å²) in [7, 11) is 0. The Morgan fingerprint density at radius 3 is 2.77 bits per heavy atom. The lowest BCUT2D eigenvalue weighted by molar-refractivity contribution is -0.146. The fourth-order valence-electron chi connectivity index (χ4n) is 1.29. The normalized spacial score (nSPS) is 27.5. The van der Waals surface area contributed by atoms with Crippen molar-refractivity contribution in [1.29, 1.82) is 0 Å². The van der Waals surface area contributed by atoms with Gasteiger partial charge in [-0.05, 0) is 19.8 Å². The van der Waals surface area contributed by atoms with E-state index in [-0.39, 0.29) is 30.5 Å². The van der Waals surface area contributed by atoms with Gasteiger partial charge in [-0.15, -0.1) is 12.4 Å². The molecule has 0 aromatic rings. The minimum Gasteiger partial charge on any atom is -0.465 e. The lowest BCUT2D eigenvalue weighted by atomic mass is 10.0. The fourth-order valence-corrected chi connectivity index (χ4v) is 1.29. The predicted octanol–water partition coefficient (Wildman–Crippen LogP) is 0.0842. The lowest BCUT2D eigenvalue weighted by Crippen LogP contribution is -2.46. The fraction of sp³-hybridized carbons (Fsp3) is 0.875.